The van der Waals surface area contributed by atoms with Crippen molar-refractivity contribution in [2.45, 2.75) is 173 Å². The Morgan fingerprint density at radius 1 is 0.500 bits per heavy atom. The van der Waals surface area contributed by atoms with Crippen molar-refractivity contribution in [2.24, 2.45) is 17.8 Å². The predicted molar refractivity (Wildman–Crippen MR) is 157 cm³/mol. The Morgan fingerprint density at radius 2 is 0.857 bits per heavy atom. The van der Waals surface area contributed by atoms with E-state index in [0.717, 1.165) is 128 Å². The molecule has 4 saturated carbocycles. The molecular weight excluding hydrogens is 536 g/mol. The third-order valence-electron chi connectivity index (χ3n) is 9.92. The van der Waals surface area contributed by atoms with Crippen molar-refractivity contribution >= 4 is 23.9 Å². The lowest BCUT2D eigenvalue weighted by atomic mass is 9.83. The first kappa shape index (κ1) is 32.8. The molecule has 0 amide bonds. The summed E-state index contributed by atoms with van der Waals surface area (Å²) < 4.78 is 23.5. The molecule has 0 aliphatic heterocycles. The molecule has 3 atom stereocenters. The molecular formula is C34H54O8. The quantitative estimate of drug-likeness (QED) is 0.174. The van der Waals surface area contributed by atoms with Crippen molar-refractivity contribution in [2.75, 3.05) is 0 Å². The van der Waals surface area contributed by atoms with Gasteiger partial charge in [-0.1, -0.05) is 32.6 Å². The molecule has 4 aliphatic rings. The van der Waals surface area contributed by atoms with E-state index in [1.165, 1.54) is 0 Å². The number of carbonyl (C=O) groups is 4. The van der Waals surface area contributed by atoms with Gasteiger partial charge in [-0.2, -0.15) is 0 Å². The van der Waals surface area contributed by atoms with Crippen LogP contribution >= 0.6 is 0 Å². The SMILES string of the molecule is CC(C(=O)OC1CCCCC1)C(CC(CC(=O)OC1CCCCC1)C(=O)OC1CCCCC1)C(=O)OC1CCCCC1. The van der Waals surface area contributed by atoms with E-state index in [9.17, 15) is 19.2 Å². The molecule has 8 nitrogen and oxygen atoms in total. The number of ether oxygens (including phenoxy) is 4. The Kier molecular flexibility index (Phi) is 13.5. The highest BCUT2D eigenvalue weighted by Crippen LogP contribution is 2.32. The predicted octanol–water partition coefficient (Wildman–Crippen LogP) is 7.14. The van der Waals surface area contributed by atoms with Gasteiger partial charge in [0.05, 0.1) is 24.2 Å². The number of hydrogen-bond donors (Lipinski definition) is 0. The Morgan fingerprint density at radius 3 is 1.29 bits per heavy atom. The van der Waals surface area contributed by atoms with Crippen molar-refractivity contribution in [1.29, 1.82) is 0 Å². The van der Waals surface area contributed by atoms with E-state index in [1.54, 1.807) is 6.92 Å². The number of carbonyl (C=O) groups excluding carboxylic acids is 4. The maximum absolute atomic E-state index is 13.7. The van der Waals surface area contributed by atoms with Crippen LogP contribution in [-0.2, 0) is 38.1 Å². The second-order valence-electron chi connectivity index (χ2n) is 13.4. The minimum absolute atomic E-state index is 0.00218. The first-order chi connectivity index (χ1) is 20.4. The van der Waals surface area contributed by atoms with Crippen molar-refractivity contribution in [3.8, 4) is 0 Å². The van der Waals surface area contributed by atoms with Crippen molar-refractivity contribution < 1.29 is 38.1 Å². The maximum Gasteiger partial charge on any atom is 0.310 e. The zero-order chi connectivity index (χ0) is 29.7. The van der Waals surface area contributed by atoms with Crippen LogP contribution in [0.2, 0.25) is 0 Å². The average molecular weight is 591 g/mol. The summed E-state index contributed by atoms with van der Waals surface area (Å²) in [4.78, 5) is 53.8. The van der Waals surface area contributed by atoms with E-state index < -0.39 is 41.6 Å². The first-order valence-electron chi connectivity index (χ1n) is 17.2. The fraction of sp³-hybridized carbons (Fsp3) is 0.882. The van der Waals surface area contributed by atoms with Gasteiger partial charge >= 0.3 is 23.9 Å². The Bertz CT molecular complexity index is 863. The van der Waals surface area contributed by atoms with Crippen LogP contribution in [0.5, 0.6) is 0 Å². The molecule has 238 valence electrons. The number of rotatable bonds is 12. The first-order valence-corrected chi connectivity index (χ1v) is 17.2. The van der Waals surface area contributed by atoms with Crippen LogP contribution in [0, 0.1) is 17.8 Å². The number of hydrogen-bond acceptors (Lipinski definition) is 8. The van der Waals surface area contributed by atoms with E-state index in [-0.39, 0.29) is 37.3 Å². The molecule has 0 spiro atoms. The van der Waals surface area contributed by atoms with Crippen molar-refractivity contribution in [3.63, 3.8) is 0 Å². The van der Waals surface area contributed by atoms with E-state index >= 15 is 0 Å². The van der Waals surface area contributed by atoms with E-state index in [0.29, 0.717) is 0 Å². The topological polar surface area (TPSA) is 105 Å². The minimum Gasteiger partial charge on any atom is -0.462 e. The van der Waals surface area contributed by atoms with Crippen LogP contribution in [0.25, 0.3) is 0 Å². The Hall–Kier alpha value is -2.12. The minimum atomic E-state index is -0.908. The lowest BCUT2D eigenvalue weighted by Gasteiger charge is -2.31. The summed E-state index contributed by atoms with van der Waals surface area (Å²) in [5, 5.41) is 0. The molecule has 42 heavy (non-hydrogen) atoms. The molecule has 0 radical (unpaired) electrons. The number of esters is 4. The third-order valence-corrected chi connectivity index (χ3v) is 9.92. The highest BCUT2D eigenvalue weighted by molar-refractivity contribution is 5.84. The van der Waals surface area contributed by atoms with Crippen molar-refractivity contribution in [1.82, 2.24) is 0 Å². The molecule has 0 heterocycles. The van der Waals surface area contributed by atoms with Gasteiger partial charge in [0.25, 0.3) is 0 Å². The van der Waals surface area contributed by atoms with Crippen molar-refractivity contribution in [3.05, 3.63) is 0 Å². The van der Waals surface area contributed by atoms with E-state index in [2.05, 4.69) is 0 Å². The lowest BCUT2D eigenvalue weighted by Crippen LogP contribution is -2.38. The summed E-state index contributed by atoms with van der Waals surface area (Å²) in [6, 6.07) is 0. The van der Waals surface area contributed by atoms with Crippen LogP contribution in [0.1, 0.15) is 148 Å². The average Bonchev–Trinajstić information content (AvgIpc) is 3.00. The van der Waals surface area contributed by atoms with Crippen LogP contribution in [0.15, 0.2) is 0 Å². The smallest absolute Gasteiger partial charge is 0.310 e. The monoisotopic (exact) mass is 590 g/mol. The molecule has 4 fully saturated rings. The standard InChI is InChI=1S/C34H54O8/c1-24(32(36)40-27-16-8-3-9-17-27)30(34(38)42-29-20-12-5-13-21-29)22-25(33(37)41-28-18-10-4-11-19-28)23-31(35)39-26-14-6-2-7-15-26/h24-30H,2-23H2,1H3. The Labute approximate surface area is 252 Å². The summed E-state index contributed by atoms with van der Waals surface area (Å²) in [7, 11) is 0. The fourth-order valence-corrected chi connectivity index (χ4v) is 7.19. The molecule has 8 heteroatoms. The summed E-state index contributed by atoms with van der Waals surface area (Å²) in [5.74, 6) is -4.44. The summed E-state index contributed by atoms with van der Waals surface area (Å²) >= 11 is 0. The lowest BCUT2D eigenvalue weighted by molar-refractivity contribution is -0.171. The zero-order valence-corrected chi connectivity index (χ0v) is 25.9. The van der Waals surface area contributed by atoms with E-state index in [4.69, 9.17) is 18.9 Å². The normalized spacial score (nSPS) is 23.7. The van der Waals surface area contributed by atoms with Crippen LogP contribution in [-0.4, -0.2) is 48.3 Å². The van der Waals surface area contributed by atoms with Gasteiger partial charge in [-0.3, -0.25) is 19.2 Å². The van der Waals surface area contributed by atoms with Gasteiger partial charge in [-0.15, -0.1) is 0 Å². The van der Waals surface area contributed by atoms with E-state index in [1.807, 2.05) is 0 Å². The highest BCUT2D eigenvalue weighted by atomic mass is 16.6. The Balaban J connectivity index is 1.48. The summed E-state index contributed by atoms with van der Waals surface area (Å²) in [5.41, 5.74) is 0. The largest absolute Gasteiger partial charge is 0.462 e. The maximum atomic E-state index is 13.7. The molecule has 4 aliphatic carbocycles. The second kappa shape index (κ2) is 17.2. The third kappa shape index (κ3) is 10.6. The van der Waals surface area contributed by atoms with Crippen LogP contribution in [0.3, 0.4) is 0 Å². The zero-order valence-electron chi connectivity index (χ0n) is 25.9. The summed E-state index contributed by atoms with van der Waals surface area (Å²) in [6.45, 7) is 1.70. The summed E-state index contributed by atoms with van der Waals surface area (Å²) in [6.07, 6.45) is 18.4. The van der Waals surface area contributed by atoms with Gasteiger partial charge in [-0.05, 0) is 109 Å². The molecule has 0 aromatic carbocycles. The fourth-order valence-electron chi connectivity index (χ4n) is 7.19. The molecule has 3 unspecified atom stereocenters. The van der Waals surface area contributed by atoms with Gasteiger partial charge < -0.3 is 18.9 Å². The molecule has 0 aromatic rings. The molecule has 0 bridgehead atoms. The second-order valence-corrected chi connectivity index (χ2v) is 13.4. The van der Waals surface area contributed by atoms with Gasteiger partial charge in [0.1, 0.15) is 24.4 Å². The van der Waals surface area contributed by atoms with Gasteiger partial charge in [0, 0.05) is 0 Å². The van der Waals surface area contributed by atoms with Crippen LogP contribution in [0.4, 0.5) is 0 Å². The molecule has 4 rings (SSSR count). The molecule has 0 aromatic heterocycles. The highest BCUT2D eigenvalue weighted by Gasteiger charge is 2.40. The van der Waals surface area contributed by atoms with Crippen LogP contribution < -0.4 is 0 Å². The molecule has 0 N–H and O–H groups in total. The van der Waals surface area contributed by atoms with Gasteiger partial charge in [0.2, 0.25) is 0 Å². The van der Waals surface area contributed by atoms with Gasteiger partial charge in [-0.25, -0.2) is 0 Å². The van der Waals surface area contributed by atoms with Gasteiger partial charge in [0.15, 0.2) is 0 Å². The molecule has 0 saturated heterocycles.